The van der Waals surface area contributed by atoms with Gasteiger partial charge in [0.2, 0.25) is 0 Å². The zero-order valence-corrected chi connectivity index (χ0v) is 10.2. The van der Waals surface area contributed by atoms with Gasteiger partial charge in [-0.1, -0.05) is 51.1 Å². The average Bonchev–Trinajstić information content (AvgIpc) is 2.03. The SMILES string of the molecule is OC(O)C(Br)CCCCCCBr. The normalized spacial score (nSPS) is 13.8. The summed E-state index contributed by atoms with van der Waals surface area (Å²) in [6.45, 7) is 0. The standard InChI is InChI=1S/C8H16Br2O2/c9-6-4-2-1-3-5-7(10)8(11)12/h7-8,11-12H,1-6H2. The molecule has 1 atom stereocenters. The van der Waals surface area contributed by atoms with Gasteiger partial charge < -0.3 is 10.2 Å². The minimum Gasteiger partial charge on any atom is -0.367 e. The Morgan fingerprint density at radius 2 is 1.58 bits per heavy atom. The van der Waals surface area contributed by atoms with Crippen molar-refractivity contribution in [1.29, 1.82) is 0 Å². The number of hydrogen-bond acceptors (Lipinski definition) is 2. The van der Waals surface area contributed by atoms with E-state index in [1.807, 2.05) is 0 Å². The van der Waals surface area contributed by atoms with Crippen molar-refractivity contribution in [3.8, 4) is 0 Å². The van der Waals surface area contributed by atoms with Gasteiger partial charge in [-0.3, -0.25) is 0 Å². The van der Waals surface area contributed by atoms with Crippen LogP contribution in [-0.4, -0.2) is 26.7 Å². The maximum Gasteiger partial charge on any atom is 0.164 e. The van der Waals surface area contributed by atoms with E-state index in [1.54, 1.807) is 0 Å². The maximum absolute atomic E-state index is 8.72. The van der Waals surface area contributed by atoms with Crippen molar-refractivity contribution < 1.29 is 10.2 Å². The van der Waals surface area contributed by atoms with Crippen molar-refractivity contribution in [2.45, 2.75) is 43.2 Å². The highest BCUT2D eigenvalue weighted by atomic mass is 79.9. The van der Waals surface area contributed by atoms with Gasteiger partial charge in [-0.15, -0.1) is 0 Å². The Hall–Kier alpha value is 0.880. The smallest absolute Gasteiger partial charge is 0.164 e. The number of alkyl halides is 2. The summed E-state index contributed by atoms with van der Waals surface area (Å²) in [5.41, 5.74) is 0. The summed E-state index contributed by atoms with van der Waals surface area (Å²) in [5, 5.41) is 18.5. The van der Waals surface area contributed by atoms with Crippen LogP contribution >= 0.6 is 31.9 Å². The molecule has 0 heterocycles. The molecular weight excluding hydrogens is 288 g/mol. The molecule has 0 aromatic heterocycles. The molecule has 0 aromatic carbocycles. The van der Waals surface area contributed by atoms with E-state index < -0.39 is 6.29 Å². The van der Waals surface area contributed by atoms with Gasteiger partial charge >= 0.3 is 0 Å². The largest absolute Gasteiger partial charge is 0.367 e. The van der Waals surface area contributed by atoms with E-state index in [0.29, 0.717) is 0 Å². The van der Waals surface area contributed by atoms with Gasteiger partial charge in [0.1, 0.15) is 0 Å². The Kier molecular flexibility index (Phi) is 9.10. The average molecular weight is 304 g/mol. The minimum atomic E-state index is -1.22. The van der Waals surface area contributed by atoms with Crippen molar-refractivity contribution in [3.63, 3.8) is 0 Å². The van der Waals surface area contributed by atoms with Gasteiger partial charge in [-0.2, -0.15) is 0 Å². The molecule has 2 nitrogen and oxygen atoms in total. The van der Waals surface area contributed by atoms with Crippen LogP contribution in [0.2, 0.25) is 0 Å². The molecule has 0 saturated carbocycles. The first kappa shape index (κ1) is 12.9. The molecule has 4 heteroatoms. The van der Waals surface area contributed by atoms with E-state index >= 15 is 0 Å². The Morgan fingerprint density at radius 3 is 2.08 bits per heavy atom. The van der Waals surface area contributed by atoms with Crippen LogP contribution in [0.3, 0.4) is 0 Å². The minimum absolute atomic E-state index is 0.165. The third-order valence-electron chi connectivity index (χ3n) is 1.69. The summed E-state index contributed by atoms with van der Waals surface area (Å²) >= 11 is 6.57. The Bertz CT molecular complexity index is 99.1. The van der Waals surface area contributed by atoms with Crippen molar-refractivity contribution in [2.24, 2.45) is 0 Å². The van der Waals surface area contributed by atoms with E-state index in [1.165, 1.54) is 19.3 Å². The van der Waals surface area contributed by atoms with Crippen LogP contribution in [0.4, 0.5) is 0 Å². The van der Waals surface area contributed by atoms with Crippen molar-refractivity contribution in [1.82, 2.24) is 0 Å². The second kappa shape index (κ2) is 8.48. The van der Waals surface area contributed by atoms with E-state index in [9.17, 15) is 0 Å². The quantitative estimate of drug-likeness (QED) is 0.431. The highest BCUT2D eigenvalue weighted by Gasteiger charge is 2.10. The lowest BCUT2D eigenvalue weighted by molar-refractivity contribution is -0.0400. The van der Waals surface area contributed by atoms with Gasteiger partial charge in [0, 0.05) is 5.33 Å². The number of rotatable bonds is 7. The molecule has 0 rings (SSSR count). The number of aliphatic hydroxyl groups excluding tert-OH is 1. The van der Waals surface area contributed by atoms with Gasteiger partial charge in [0.05, 0.1) is 4.83 Å². The zero-order chi connectivity index (χ0) is 9.40. The van der Waals surface area contributed by atoms with Crippen LogP contribution in [0.5, 0.6) is 0 Å². The van der Waals surface area contributed by atoms with Crippen molar-refractivity contribution >= 4 is 31.9 Å². The summed E-state index contributed by atoms with van der Waals surface area (Å²) in [5.74, 6) is 0. The maximum atomic E-state index is 8.72. The fourth-order valence-electron chi connectivity index (χ4n) is 0.936. The lowest BCUT2D eigenvalue weighted by atomic mass is 10.1. The number of hydrogen-bond donors (Lipinski definition) is 2. The molecular formula is C8H16Br2O2. The molecule has 0 aromatic rings. The molecule has 0 aliphatic rings. The number of halogens is 2. The first-order valence-electron chi connectivity index (χ1n) is 4.24. The van der Waals surface area contributed by atoms with Crippen LogP contribution < -0.4 is 0 Å². The highest BCUT2D eigenvalue weighted by molar-refractivity contribution is 9.09. The second-order valence-corrected chi connectivity index (χ2v) is 4.79. The monoisotopic (exact) mass is 302 g/mol. The van der Waals surface area contributed by atoms with Crippen LogP contribution in [0, 0.1) is 0 Å². The summed E-state index contributed by atoms with van der Waals surface area (Å²) in [4.78, 5) is -0.165. The Balaban J connectivity index is 3.08. The second-order valence-electron chi connectivity index (χ2n) is 2.82. The summed E-state index contributed by atoms with van der Waals surface area (Å²) in [6.07, 6.45) is 4.25. The van der Waals surface area contributed by atoms with Gasteiger partial charge in [-0.05, 0) is 12.8 Å². The van der Waals surface area contributed by atoms with Gasteiger partial charge in [0.15, 0.2) is 6.29 Å². The van der Waals surface area contributed by atoms with Crippen LogP contribution in [0.1, 0.15) is 32.1 Å². The molecule has 0 radical (unpaired) electrons. The van der Waals surface area contributed by atoms with Crippen LogP contribution in [-0.2, 0) is 0 Å². The molecule has 12 heavy (non-hydrogen) atoms. The fraction of sp³-hybridized carbons (Fsp3) is 1.00. The van der Waals surface area contributed by atoms with Crippen molar-refractivity contribution in [2.75, 3.05) is 5.33 Å². The third-order valence-corrected chi connectivity index (χ3v) is 3.18. The van der Waals surface area contributed by atoms with E-state index in [0.717, 1.165) is 18.2 Å². The molecule has 0 aliphatic heterocycles. The van der Waals surface area contributed by atoms with Gasteiger partial charge in [-0.25, -0.2) is 0 Å². The van der Waals surface area contributed by atoms with Crippen molar-refractivity contribution in [3.05, 3.63) is 0 Å². The molecule has 74 valence electrons. The number of aliphatic hydroxyl groups is 2. The molecule has 0 saturated heterocycles. The number of unbranched alkanes of at least 4 members (excludes halogenated alkanes) is 3. The third kappa shape index (κ3) is 7.53. The predicted octanol–water partition coefficient (Wildman–Crippen LogP) is 2.41. The molecule has 0 spiro atoms. The lowest BCUT2D eigenvalue weighted by Gasteiger charge is -2.10. The summed E-state index contributed by atoms with van der Waals surface area (Å²) in [6, 6.07) is 0. The molecule has 1 unspecified atom stereocenters. The zero-order valence-electron chi connectivity index (χ0n) is 7.05. The fourth-order valence-corrected chi connectivity index (χ4v) is 1.66. The molecule has 0 amide bonds. The summed E-state index contributed by atoms with van der Waals surface area (Å²) < 4.78 is 0. The first-order valence-corrected chi connectivity index (χ1v) is 6.28. The van der Waals surface area contributed by atoms with E-state index in [-0.39, 0.29) is 4.83 Å². The van der Waals surface area contributed by atoms with E-state index in [4.69, 9.17) is 10.2 Å². The van der Waals surface area contributed by atoms with Crippen LogP contribution in [0.25, 0.3) is 0 Å². The van der Waals surface area contributed by atoms with Gasteiger partial charge in [0.25, 0.3) is 0 Å². The van der Waals surface area contributed by atoms with Crippen LogP contribution in [0.15, 0.2) is 0 Å². The molecule has 2 N–H and O–H groups in total. The lowest BCUT2D eigenvalue weighted by Crippen LogP contribution is -2.18. The Labute approximate surface area is 90.6 Å². The Morgan fingerprint density at radius 1 is 1.00 bits per heavy atom. The highest BCUT2D eigenvalue weighted by Crippen LogP contribution is 2.14. The first-order chi connectivity index (χ1) is 5.68. The molecule has 0 aliphatic carbocycles. The summed E-state index contributed by atoms with van der Waals surface area (Å²) in [7, 11) is 0. The topological polar surface area (TPSA) is 40.5 Å². The molecule has 0 bridgehead atoms. The van der Waals surface area contributed by atoms with E-state index in [2.05, 4.69) is 31.9 Å². The molecule has 0 fully saturated rings. The predicted molar refractivity (Wildman–Crippen MR) is 57.8 cm³/mol.